The number of carbonyl (C=O) groups is 1. The number of aromatic nitrogens is 2. The van der Waals surface area contributed by atoms with Gasteiger partial charge in [0.05, 0.1) is 5.69 Å². The molecular formula is C20H24Cl2N4O2. The van der Waals surface area contributed by atoms with E-state index in [4.69, 9.17) is 10.5 Å². The van der Waals surface area contributed by atoms with Crippen LogP contribution in [0, 0.1) is 6.92 Å². The van der Waals surface area contributed by atoms with Crippen LogP contribution in [-0.4, -0.2) is 39.3 Å². The van der Waals surface area contributed by atoms with E-state index in [1.54, 1.807) is 11.0 Å². The first-order valence-electron chi connectivity index (χ1n) is 8.80. The molecule has 3 heterocycles. The maximum Gasteiger partial charge on any atom is 0.254 e. The molecule has 0 spiro atoms. The molecule has 28 heavy (non-hydrogen) atoms. The van der Waals surface area contributed by atoms with Gasteiger partial charge in [-0.25, -0.2) is 4.98 Å². The van der Waals surface area contributed by atoms with Crippen molar-refractivity contribution in [2.75, 3.05) is 13.1 Å². The number of imidazole rings is 1. The molecule has 3 aromatic rings. The van der Waals surface area contributed by atoms with Gasteiger partial charge in [-0.15, -0.1) is 24.8 Å². The van der Waals surface area contributed by atoms with E-state index in [2.05, 4.69) is 4.98 Å². The summed E-state index contributed by atoms with van der Waals surface area (Å²) in [6.07, 6.45) is 4.85. The molecule has 1 saturated heterocycles. The molecule has 0 bridgehead atoms. The first-order chi connectivity index (χ1) is 12.6. The summed E-state index contributed by atoms with van der Waals surface area (Å²) in [5.74, 6) is 0.666. The second kappa shape index (κ2) is 9.28. The van der Waals surface area contributed by atoms with Gasteiger partial charge in [-0.3, -0.25) is 4.79 Å². The summed E-state index contributed by atoms with van der Waals surface area (Å²) in [7, 11) is 0. The van der Waals surface area contributed by atoms with Crippen LogP contribution in [0.25, 0.3) is 5.65 Å². The topological polar surface area (TPSA) is 72.9 Å². The van der Waals surface area contributed by atoms with Crippen molar-refractivity contribution in [2.24, 2.45) is 5.73 Å². The first kappa shape index (κ1) is 22.0. The Bertz CT molecular complexity index is 960. The molecular weight excluding hydrogens is 399 g/mol. The normalized spacial score (nSPS) is 15.8. The molecule has 2 aromatic heterocycles. The lowest BCUT2D eigenvalue weighted by Crippen LogP contribution is -2.31. The number of fused-ring (bicyclic) bond motifs is 1. The molecule has 0 saturated carbocycles. The summed E-state index contributed by atoms with van der Waals surface area (Å²) >= 11 is 0. The Labute approximate surface area is 176 Å². The number of pyridine rings is 1. The van der Waals surface area contributed by atoms with Gasteiger partial charge in [0.1, 0.15) is 18.0 Å². The number of likely N-dealkylation sites (tertiary alicyclic amines) is 1. The maximum atomic E-state index is 12.6. The second-order valence-corrected chi connectivity index (χ2v) is 6.82. The van der Waals surface area contributed by atoms with Gasteiger partial charge < -0.3 is 19.8 Å². The van der Waals surface area contributed by atoms with Gasteiger partial charge in [0.25, 0.3) is 5.91 Å². The van der Waals surface area contributed by atoms with Gasteiger partial charge in [0.2, 0.25) is 0 Å². The van der Waals surface area contributed by atoms with E-state index < -0.39 is 0 Å². The Morgan fingerprint density at radius 3 is 2.82 bits per heavy atom. The van der Waals surface area contributed by atoms with Crippen LogP contribution >= 0.6 is 24.8 Å². The fourth-order valence-corrected chi connectivity index (χ4v) is 3.26. The van der Waals surface area contributed by atoms with Crippen molar-refractivity contribution >= 4 is 36.4 Å². The molecule has 1 atom stereocenters. The third-order valence-corrected chi connectivity index (χ3v) is 4.63. The largest absolute Gasteiger partial charge is 0.487 e. The summed E-state index contributed by atoms with van der Waals surface area (Å²) < 4.78 is 7.85. The predicted octanol–water partition coefficient (Wildman–Crippen LogP) is 3.24. The minimum atomic E-state index is 0. The molecule has 1 fully saturated rings. The van der Waals surface area contributed by atoms with Crippen LogP contribution in [0.2, 0.25) is 0 Å². The van der Waals surface area contributed by atoms with Gasteiger partial charge in [-0.05, 0) is 43.2 Å². The molecule has 2 N–H and O–H groups in total. The van der Waals surface area contributed by atoms with Crippen LogP contribution in [0.1, 0.15) is 28.0 Å². The standard InChI is InChI=1S/C20H22N4O2.2ClH/c1-14-5-6-19-22-17(12-24(19)10-14)13-26-18-4-2-3-15(9-18)20(25)23-8-7-16(21)11-23;;/h2-6,9-10,12,16H,7-8,11,13,21H2,1H3;2*1H/t16-;;/m1../s1. The number of aryl methyl sites for hydroxylation is 1. The number of nitrogens with two attached hydrogens (primary N) is 1. The molecule has 1 amide bonds. The third kappa shape index (κ3) is 4.76. The van der Waals surface area contributed by atoms with Crippen molar-refractivity contribution in [1.29, 1.82) is 0 Å². The fraction of sp³-hybridized carbons (Fsp3) is 0.300. The van der Waals surface area contributed by atoms with Gasteiger partial charge in [-0.2, -0.15) is 0 Å². The Morgan fingerprint density at radius 2 is 2.07 bits per heavy atom. The van der Waals surface area contributed by atoms with Crippen molar-refractivity contribution in [3.8, 4) is 5.75 Å². The van der Waals surface area contributed by atoms with Crippen molar-refractivity contribution in [2.45, 2.75) is 26.0 Å². The Hall–Kier alpha value is -2.28. The van der Waals surface area contributed by atoms with Gasteiger partial charge >= 0.3 is 0 Å². The number of amides is 1. The molecule has 0 radical (unpaired) electrons. The summed E-state index contributed by atoms with van der Waals surface area (Å²) in [6.45, 7) is 3.73. The minimum absolute atomic E-state index is 0. The highest BCUT2D eigenvalue weighted by molar-refractivity contribution is 5.94. The van der Waals surface area contributed by atoms with Crippen LogP contribution in [-0.2, 0) is 6.61 Å². The SMILES string of the molecule is Cc1ccc2nc(COc3cccc(C(=O)N4CC[C@@H](N)C4)c3)cn2c1.Cl.Cl. The zero-order valence-electron chi connectivity index (χ0n) is 15.6. The first-order valence-corrected chi connectivity index (χ1v) is 8.80. The van der Waals surface area contributed by atoms with Crippen LogP contribution in [0.5, 0.6) is 5.75 Å². The number of nitrogens with zero attached hydrogens (tertiary/aromatic N) is 3. The van der Waals surface area contributed by atoms with E-state index in [1.807, 2.05) is 54.0 Å². The predicted molar refractivity (Wildman–Crippen MR) is 114 cm³/mol. The number of rotatable bonds is 4. The summed E-state index contributed by atoms with van der Waals surface area (Å²) in [5.41, 5.74) is 9.44. The highest BCUT2D eigenvalue weighted by Gasteiger charge is 2.24. The van der Waals surface area contributed by atoms with E-state index in [1.165, 1.54) is 5.56 Å². The van der Waals surface area contributed by atoms with Gasteiger partial charge in [0, 0.05) is 37.1 Å². The Balaban J connectivity index is 0.00000140. The lowest BCUT2D eigenvalue weighted by molar-refractivity contribution is 0.0790. The van der Waals surface area contributed by atoms with Crippen LogP contribution in [0.3, 0.4) is 0 Å². The molecule has 8 heteroatoms. The highest BCUT2D eigenvalue weighted by atomic mass is 35.5. The molecule has 0 aliphatic carbocycles. The monoisotopic (exact) mass is 422 g/mol. The second-order valence-electron chi connectivity index (χ2n) is 6.82. The van der Waals surface area contributed by atoms with Crippen molar-refractivity contribution in [1.82, 2.24) is 14.3 Å². The lowest BCUT2D eigenvalue weighted by atomic mass is 10.2. The number of ether oxygens (including phenoxy) is 1. The minimum Gasteiger partial charge on any atom is -0.487 e. The molecule has 1 aliphatic heterocycles. The van der Waals surface area contributed by atoms with Crippen molar-refractivity contribution in [3.05, 3.63) is 65.6 Å². The van der Waals surface area contributed by atoms with Gasteiger partial charge in [-0.1, -0.05) is 12.1 Å². The van der Waals surface area contributed by atoms with Crippen LogP contribution < -0.4 is 10.5 Å². The van der Waals surface area contributed by atoms with E-state index in [0.29, 0.717) is 31.0 Å². The third-order valence-electron chi connectivity index (χ3n) is 4.63. The molecule has 150 valence electrons. The molecule has 6 nitrogen and oxygen atoms in total. The molecule has 1 aromatic carbocycles. The molecule has 1 aliphatic rings. The number of carbonyl (C=O) groups excluding carboxylic acids is 1. The Morgan fingerprint density at radius 1 is 1.25 bits per heavy atom. The zero-order chi connectivity index (χ0) is 18.1. The summed E-state index contributed by atoms with van der Waals surface area (Å²) in [5, 5.41) is 0. The highest BCUT2D eigenvalue weighted by Crippen LogP contribution is 2.19. The van der Waals surface area contributed by atoms with E-state index in [-0.39, 0.29) is 36.8 Å². The number of hydrogen-bond donors (Lipinski definition) is 1. The van der Waals surface area contributed by atoms with Crippen molar-refractivity contribution in [3.63, 3.8) is 0 Å². The maximum absolute atomic E-state index is 12.6. The summed E-state index contributed by atoms with van der Waals surface area (Å²) in [4.78, 5) is 18.9. The van der Waals surface area contributed by atoms with Crippen LogP contribution in [0.4, 0.5) is 0 Å². The van der Waals surface area contributed by atoms with Crippen LogP contribution in [0.15, 0.2) is 48.8 Å². The van der Waals surface area contributed by atoms with E-state index >= 15 is 0 Å². The number of hydrogen-bond acceptors (Lipinski definition) is 4. The van der Waals surface area contributed by atoms with E-state index in [0.717, 1.165) is 17.8 Å². The average molecular weight is 423 g/mol. The zero-order valence-corrected chi connectivity index (χ0v) is 17.2. The summed E-state index contributed by atoms with van der Waals surface area (Å²) in [6, 6.07) is 11.4. The van der Waals surface area contributed by atoms with Crippen molar-refractivity contribution < 1.29 is 9.53 Å². The van der Waals surface area contributed by atoms with Gasteiger partial charge in [0.15, 0.2) is 0 Å². The Kier molecular flexibility index (Phi) is 7.29. The number of halogens is 2. The lowest BCUT2D eigenvalue weighted by Gasteiger charge is -2.16. The average Bonchev–Trinajstić information content (AvgIpc) is 3.25. The number of benzene rings is 1. The molecule has 4 rings (SSSR count). The smallest absolute Gasteiger partial charge is 0.254 e. The van der Waals surface area contributed by atoms with E-state index in [9.17, 15) is 4.79 Å². The molecule has 0 unspecified atom stereocenters. The quantitative estimate of drug-likeness (QED) is 0.700. The fourth-order valence-electron chi connectivity index (χ4n) is 3.26.